The lowest BCUT2D eigenvalue weighted by molar-refractivity contribution is 0.138. The van der Waals surface area contributed by atoms with Gasteiger partial charge in [-0.3, -0.25) is 0 Å². The fourth-order valence-corrected chi connectivity index (χ4v) is 5.62. The molecule has 0 aromatic carbocycles. The Morgan fingerprint density at radius 2 is 1.55 bits per heavy atom. The number of rotatable bonds is 5. The summed E-state index contributed by atoms with van der Waals surface area (Å²) in [4.78, 5) is 0. The predicted octanol–water partition coefficient (Wildman–Crippen LogP) is 1.73. The smallest absolute Gasteiger partial charge is 0.282 e. The molecule has 0 saturated carbocycles. The molecule has 2 aliphatic heterocycles. The number of hydrogen-bond donors (Lipinski definition) is 1. The van der Waals surface area contributed by atoms with Crippen molar-refractivity contribution in [2.45, 2.75) is 70.4 Å². The van der Waals surface area contributed by atoms with Crippen LogP contribution >= 0.6 is 0 Å². The van der Waals surface area contributed by atoms with Crippen molar-refractivity contribution < 1.29 is 13.5 Å². The Morgan fingerprint density at radius 1 is 1.00 bits per heavy atom. The SMILES string of the molecule is CCCC1CCCCN1S(=O)(=O)N1CCCCC1CO. The van der Waals surface area contributed by atoms with Crippen molar-refractivity contribution in [3.8, 4) is 0 Å². The summed E-state index contributed by atoms with van der Waals surface area (Å²) in [7, 11) is -3.41. The third kappa shape index (κ3) is 3.35. The molecule has 1 N–H and O–H groups in total. The van der Waals surface area contributed by atoms with E-state index in [-0.39, 0.29) is 18.7 Å². The molecule has 2 aliphatic rings. The van der Waals surface area contributed by atoms with Gasteiger partial charge in [0.1, 0.15) is 0 Å². The van der Waals surface area contributed by atoms with Crippen LogP contribution in [0.1, 0.15) is 58.3 Å². The highest BCUT2D eigenvalue weighted by Gasteiger charge is 2.39. The van der Waals surface area contributed by atoms with Crippen LogP contribution in [0.3, 0.4) is 0 Å². The first-order valence-corrected chi connectivity index (χ1v) is 9.40. The highest BCUT2D eigenvalue weighted by atomic mass is 32.2. The molecule has 0 radical (unpaired) electrons. The first-order valence-electron chi connectivity index (χ1n) is 8.00. The van der Waals surface area contributed by atoms with Gasteiger partial charge in [0, 0.05) is 25.2 Å². The topological polar surface area (TPSA) is 60.9 Å². The Labute approximate surface area is 123 Å². The first kappa shape index (κ1) is 16.2. The van der Waals surface area contributed by atoms with E-state index in [0.717, 1.165) is 51.4 Å². The molecule has 118 valence electrons. The van der Waals surface area contributed by atoms with E-state index in [1.165, 1.54) is 0 Å². The number of aliphatic hydroxyl groups excluding tert-OH is 1. The Hall–Kier alpha value is -0.170. The summed E-state index contributed by atoms with van der Waals surface area (Å²) >= 11 is 0. The van der Waals surface area contributed by atoms with Gasteiger partial charge in [-0.05, 0) is 32.1 Å². The maximum absolute atomic E-state index is 12.9. The maximum Gasteiger partial charge on any atom is 0.282 e. The summed E-state index contributed by atoms with van der Waals surface area (Å²) in [6, 6.07) is -0.0713. The van der Waals surface area contributed by atoms with E-state index >= 15 is 0 Å². The molecule has 0 amide bonds. The molecule has 0 aromatic heterocycles. The Bertz CT molecular complexity index is 397. The predicted molar refractivity (Wildman–Crippen MR) is 79.6 cm³/mol. The molecule has 0 spiro atoms. The average Bonchev–Trinajstić information content (AvgIpc) is 2.48. The van der Waals surface area contributed by atoms with Gasteiger partial charge >= 0.3 is 0 Å². The van der Waals surface area contributed by atoms with E-state index < -0.39 is 10.2 Å². The van der Waals surface area contributed by atoms with Gasteiger partial charge in [-0.25, -0.2) is 0 Å². The van der Waals surface area contributed by atoms with Crippen LogP contribution in [-0.2, 0) is 10.2 Å². The van der Waals surface area contributed by atoms with Crippen molar-refractivity contribution in [3.63, 3.8) is 0 Å². The zero-order chi connectivity index (χ0) is 14.6. The summed E-state index contributed by atoms with van der Waals surface area (Å²) < 4.78 is 29.1. The highest BCUT2D eigenvalue weighted by Crippen LogP contribution is 2.29. The van der Waals surface area contributed by atoms with Crippen LogP contribution < -0.4 is 0 Å². The van der Waals surface area contributed by atoms with Gasteiger partial charge in [-0.15, -0.1) is 0 Å². The van der Waals surface area contributed by atoms with E-state index in [9.17, 15) is 13.5 Å². The molecule has 0 aliphatic carbocycles. The van der Waals surface area contributed by atoms with Crippen LogP contribution in [0.4, 0.5) is 0 Å². The first-order chi connectivity index (χ1) is 9.61. The number of hydrogen-bond acceptors (Lipinski definition) is 3. The van der Waals surface area contributed by atoms with Gasteiger partial charge in [-0.2, -0.15) is 17.0 Å². The molecule has 2 saturated heterocycles. The molecule has 0 aromatic rings. The van der Waals surface area contributed by atoms with Crippen LogP contribution in [-0.4, -0.2) is 53.9 Å². The monoisotopic (exact) mass is 304 g/mol. The van der Waals surface area contributed by atoms with Crippen molar-refractivity contribution >= 4 is 10.2 Å². The van der Waals surface area contributed by atoms with Gasteiger partial charge in [0.15, 0.2) is 0 Å². The molecule has 2 heterocycles. The van der Waals surface area contributed by atoms with E-state index in [2.05, 4.69) is 6.92 Å². The van der Waals surface area contributed by atoms with Crippen LogP contribution in [0.15, 0.2) is 0 Å². The minimum Gasteiger partial charge on any atom is -0.395 e. The maximum atomic E-state index is 12.9. The van der Waals surface area contributed by atoms with Crippen molar-refractivity contribution in [1.82, 2.24) is 8.61 Å². The van der Waals surface area contributed by atoms with Crippen LogP contribution in [0.5, 0.6) is 0 Å². The van der Waals surface area contributed by atoms with E-state index in [0.29, 0.717) is 13.1 Å². The van der Waals surface area contributed by atoms with Crippen LogP contribution in [0.25, 0.3) is 0 Å². The summed E-state index contributed by atoms with van der Waals surface area (Å²) in [5, 5.41) is 9.47. The molecule has 2 atom stereocenters. The third-order valence-corrected chi connectivity index (χ3v) is 6.72. The summed E-state index contributed by atoms with van der Waals surface area (Å²) in [6.07, 6.45) is 7.71. The molecule has 0 bridgehead atoms. The minimum atomic E-state index is -3.41. The largest absolute Gasteiger partial charge is 0.395 e. The molecule has 20 heavy (non-hydrogen) atoms. The second-order valence-corrected chi connectivity index (χ2v) is 7.83. The molecule has 2 fully saturated rings. The van der Waals surface area contributed by atoms with Crippen molar-refractivity contribution in [2.75, 3.05) is 19.7 Å². The summed E-state index contributed by atoms with van der Waals surface area (Å²) in [6.45, 7) is 3.24. The Kier molecular flexibility index (Phi) is 5.84. The highest BCUT2D eigenvalue weighted by molar-refractivity contribution is 7.86. The van der Waals surface area contributed by atoms with Gasteiger partial charge < -0.3 is 5.11 Å². The van der Waals surface area contributed by atoms with E-state index in [1.807, 2.05) is 0 Å². The molecular weight excluding hydrogens is 276 g/mol. The third-order valence-electron chi connectivity index (χ3n) is 4.57. The van der Waals surface area contributed by atoms with Crippen LogP contribution in [0, 0.1) is 0 Å². The molecule has 5 nitrogen and oxygen atoms in total. The second kappa shape index (κ2) is 7.20. The number of piperidine rings is 2. The summed E-state index contributed by atoms with van der Waals surface area (Å²) in [5.41, 5.74) is 0. The standard InChI is InChI=1S/C14H28N2O3S/c1-2-7-13-8-3-5-10-15(13)20(18,19)16-11-6-4-9-14(16)12-17/h13-14,17H,2-12H2,1H3. The van der Waals surface area contributed by atoms with Gasteiger partial charge in [0.2, 0.25) is 0 Å². The van der Waals surface area contributed by atoms with Crippen molar-refractivity contribution in [1.29, 1.82) is 0 Å². The molecule has 2 unspecified atom stereocenters. The molecule has 2 rings (SSSR count). The quantitative estimate of drug-likeness (QED) is 0.841. The van der Waals surface area contributed by atoms with E-state index in [4.69, 9.17) is 0 Å². The lowest BCUT2D eigenvalue weighted by Crippen LogP contribution is -2.55. The van der Waals surface area contributed by atoms with Crippen molar-refractivity contribution in [3.05, 3.63) is 0 Å². The lowest BCUT2D eigenvalue weighted by atomic mass is 10.0. The van der Waals surface area contributed by atoms with E-state index in [1.54, 1.807) is 8.61 Å². The fourth-order valence-electron chi connectivity index (χ4n) is 3.49. The van der Waals surface area contributed by atoms with Gasteiger partial charge in [-0.1, -0.05) is 26.2 Å². The molecule has 6 heteroatoms. The number of nitrogens with zero attached hydrogens (tertiary/aromatic N) is 2. The Morgan fingerprint density at radius 3 is 2.10 bits per heavy atom. The lowest BCUT2D eigenvalue weighted by Gasteiger charge is -2.41. The normalized spacial score (nSPS) is 30.5. The van der Waals surface area contributed by atoms with Crippen LogP contribution in [0.2, 0.25) is 0 Å². The Balaban J connectivity index is 2.18. The zero-order valence-corrected chi connectivity index (χ0v) is 13.3. The summed E-state index contributed by atoms with van der Waals surface area (Å²) in [5.74, 6) is 0. The van der Waals surface area contributed by atoms with Gasteiger partial charge in [0.25, 0.3) is 10.2 Å². The fraction of sp³-hybridized carbons (Fsp3) is 1.00. The second-order valence-electron chi connectivity index (χ2n) is 6.00. The average molecular weight is 304 g/mol. The minimum absolute atomic E-state index is 0.0640. The zero-order valence-electron chi connectivity index (χ0n) is 12.5. The molecular formula is C14H28N2O3S. The van der Waals surface area contributed by atoms with Gasteiger partial charge in [0.05, 0.1) is 6.61 Å². The van der Waals surface area contributed by atoms with Crippen molar-refractivity contribution in [2.24, 2.45) is 0 Å². The number of aliphatic hydroxyl groups is 1.